The van der Waals surface area contributed by atoms with Crippen LogP contribution >= 0.6 is 11.6 Å². The van der Waals surface area contributed by atoms with E-state index in [0.29, 0.717) is 29.6 Å². The van der Waals surface area contributed by atoms with Crippen molar-refractivity contribution >= 4 is 33.1 Å². The zero-order valence-electron chi connectivity index (χ0n) is 17.6. The normalized spacial score (nSPS) is 14.1. The third-order valence-electron chi connectivity index (χ3n) is 5.59. The van der Waals surface area contributed by atoms with Crippen molar-refractivity contribution in [1.82, 2.24) is 0 Å². The average Bonchev–Trinajstić information content (AvgIpc) is 2.78. The lowest BCUT2D eigenvalue weighted by molar-refractivity contribution is -0.138. The van der Waals surface area contributed by atoms with Gasteiger partial charge in [-0.15, -0.1) is 0 Å². The van der Waals surface area contributed by atoms with Gasteiger partial charge in [0.1, 0.15) is 5.82 Å². The molecule has 0 unspecified atom stereocenters. The number of alkyl halides is 3. The number of Topliss-reactive ketones (excluding diaryl/α,β-unsaturated/α-hetero) is 1. The number of anilines is 1. The molecule has 4 rings (SSSR count). The Balaban J connectivity index is 1.69. The number of fused-ring (bicyclic) bond motifs is 1. The molecule has 0 aromatic heterocycles. The van der Waals surface area contributed by atoms with Gasteiger partial charge in [0.25, 0.3) is 10.0 Å². The highest BCUT2D eigenvalue weighted by Gasteiger charge is 2.37. The average molecular weight is 512 g/mol. The van der Waals surface area contributed by atoms with Gasteiger partial charge in [0.2, 0.25) is 0 Å². The summed E-state index contributed by atoms with van der Waals surface area (Å²) in [6.07, 6.45) is -4.25. The molecule has 0 radical (unpaired) electrons. The first kappa shape index (κ1) is 24.2. The number of sulfonamides is 1. The Bertz CT molecular complexity index is 1360. The highest BCUT2D eigenvalue weighted by atomic mass is 35.5. The molecule has 1 aliphatic heterocycles. The molecule has 34 heavy (non-hydrogen) atoms. The summed E-state index contributed by atoms with van der Waals surface area (Å²) in [4.78, 5) is 12.8. The fourth-order valence-electron chi connectivity index (χ4n) is 4.00. The summed E-state index contributed by atoms with van der Waals surface area (Å²) in [5.41, 5.74) is -1.03. The van der Waals surface area contributed by atoms with Crippen LogP contribution in [0.2, 0.25) is 5.02 Å². The Labute approximate surface area is 198 Å². The molecule has 10 heteroatoms. The second-order valence-electron chi connectivity index (χ2n) is 7.86. The van der Waals surface area contributed by atoms with Gasteiger partial charge in [0, 0.05) is 18.0 Å². The zero-order chi connectivity index (χ0) is 24.7. The number of halogens is 5. The number of nitrogens with zero attached hydrogens (tertiary/aromatic N) is 1. The molecule has 0 amide bonds. The molecule has 0 N–H and O–H groups in total. The Morgan fingerprint density at radius 1 is 1.03 bits per heavy atom. The van der Waals surface area contributed by atoms with Gasteiger partial charge in [-0.05, 0) is 66.4 Å². The van der Waals surface area contributed by atoms with Crippen LogP contribution in [0.3, 0.4) is 0 Å². The highest BCUT2D eigenvalue weighted by molar-refractivity contribution is 7.92. The molecular formula is C24H18ClF4NO3S. The molecular weight excluding hydrogens is 494 g/mol. The SMILES string of the molecule is O=C(Cc1ccc2c(c1)N(S(=O)(=O)c1ccc(Cl)cc1)CCC2)c1c(F)cccc1C(F)(F)F. The van der Waals surface area contributed by atoms with E-state index in [4.69, 9.17) is 11.6 Å². The quantitative estimate of drug-likeness (QED) is 0.309. The minimum atomic E-state index is -4.90. The summed E-state index contributed by atoms with van der Waals surface area (Å²) in [5.74, 6) is -2.31. The third-order valence-corrected chi connectivity index (χ3v) is 7.67. The van der Waals surface area contributed by atoms with Crippen molar-refractivity contribution in [2.75, 3.05) is 10.8 Å². The van der Waals surface area contributed by atoms with E-state index >= 15 is 0 Å². The fraction of sp³-hybridized carbons (Fsp3) is 0.208. The van der Waals surface area contributed by atoms with Crippen molar-refractivity contribution in [2.45, 2.75) is 30.3 Å². The van der Waals surface area contributed by atoms with Crippen molar-refractivity contribution < 1.29 is 30.8 Å². The van der Waals surface area contributed by atoms with E-state index in [1.54, 1.807) is 12.1 Å². The van der Waals surface area contributed by atoms with Crippen LogP contribution in [0.15, 0.2) is 65.6 Å². The number of benzene rings is 3. The monoisotopic (exact) mass is 511 g/mol. The molecule has 3 aromatic rings. The Morgan fingerprint density at radius 2 is 1.74 bits per heavy atom. The predicted octanol–water partition coefficient (Wildman–Crippen LogP) is 6.06. The molecule has 1 heterocycles. The lowest BCUT2D eigenvalue weighted by atomic mass is 9.95. The fourth-order valence-corrected chi connectivity index (χ4v) is 5.66. The largest absolute Gasteiger partial charge is 0.417 e. The van der Waals surface area contributed by atoms with Gasteiger partial charge < -0.3 is 0 Å². The van der Waals surface area contributed by atoms with Crippen LogP contribution < -0.4 is 4.31 Å². The molecule has 1 aliphatic rings. The van der Waals surface area contributed by atoms with Crippen LogP contribution in [-0.2, 0) is 29.0 Å². The van der Waals surface area contributed by atoms with Gasteiger partial charge in [0.15, 0.2) is 5.78 Å². The first-order valence-corrected chi connectivity index (χ1v) is 12.1. The standard InChI is InChI=1S/C24H18ClF4NO3S/c25-17-8-10-18(11-9-17)34(32,33)30-12-2-3-16-7-6-15(13-21(16)30)14-22(31)23-19(24(27,28)29)4-1-5-20(23)26/h1,4-11,13H,2-3,12,14H2. The molecule has 0 fully saturated rings. The lowest BCUT2D eigenvalue weighted by Crippen LogP contribution is -2.35. The van der Waals surface area contributed by atoms with Crippen LogP contribution in [0.4, 0.5) is 23.2 Å². The summed E-state index contributed by atoms with van der Waals surface area (Å²) < 4.78 is 81.9. The maximum atomic E-state index is 14.2. The second kappa shape index (κ2) is 9.03. The van der Waals surface area contributed by atoms with E-state index in [1.807, 2.05) is 0 Å². The number of hydrogen-bond acceptors (Lipinski definition) is 3. The highest BCUT2D eigenvalue weighted by Crippen LogP contribution is 2.35. The summed E-state index contributed by atoms with van der Waals surface area (Å²) >= 11 is 5.86. The first-order chi connectivity index (χ1) is 16.0. The molecule has 0 saturated carbocycles. The zero-order valence-corrected chi connectivity index (χ0v) is 19.1. The minimum absolute atomic E-state index is 0.0346. The molecule has 178 valence electrons. The smallest absolute Gasteiger partial charge is 0.294 e. The first-order valence-electron chi connectivity index (χ1n) is 10.3. The van der Waals surface area contributed by atoms with Gasteiger partial charge in [-0.1, -0.05) is 29.8 Å². The van der Waals surface area contributed by atoms with E-state index in [2.05, 4.69) is 0 Å². The lowest BCUT2D eigenvalue weighted by Gasteiger charge is -2.31. The summed E-state index contributed by atoms with van der Waals surface area (Å²) in [7, 11) is -3.94. The summed E-state index contributed by atoms with van der Waals surface area (Å²) in [6.45, 7) is 0.195. The summed E-state index contributed by atoms with van der Waals surface area (Å²) in [6, 6.07) is 12.7. The number of ketones is 1. The van der Waals surface area contributed by atoms with Gasteiger partial charge >= 0.3 is 6.18 Å². The van der Waals surface area contributed by atoms with Crippen LogP contribution in [0, 0.1) is 5.82 Å². The Kier molecular flexibility index (Phi) is 6.44. The molecule has 0 aliphatic carbocycles. The Hall–Kier alpha value is -2.91. The van der Waals surface area contributed by atoms with E-state index in [-0.39, 0.29) is 17.0 Å². The van der Waals surface area contributed by atoms with Crippen molar-refractivity contribution in [3.63, 3.8) is 0 Å². The van der Waals surface area contributed by atoms with Crippen LogP contribution in [0.25, 0.3) is 0 Å². The van der Waals surface area contributed by atoms with Gasteiger partial charge in [-0.2, -0.15) is 13.2 Å². The molecule has 3 aromatic carbocycles. The van der Waals surface area contributed by atoms with Crippen molar-refractivity contribution in [2.24, 2.45) is 0 Å². The van der Waals surface area contributed by atoms with E-state index in [9.17, 15) is 30.8 Å². The molecule has 0 spiro atoms. The van der Waals surface area contributed by atoms with Gasteiger partial charge in [-0.25, -0.2) is 12.8 Å². The van der Waals surface area contributed by atoms with Crippen LogP contribution in [0.1, 0.15) is 33.5 Å². The van der Waals surface area contributed by atoms with Crippen LogP contribution in [0.5, 0.6) is 0 Å². The van der Waals surface area contributed by atoms with E-state index in [0.717, 1.165) is 17.7 Å². The molecule has 0 bridgehead atoms. The topological polar surface area (TPSA) is 54.5 Å². The number of carbonyl (C=O) groups is 1. The van der Waals surface area contributed by atoms with Gasteiger partial charge in [-0.3, -0.25) is 9.10 Å². The third kappa shape index (κ3) is 4.67. The van der Waals surface area contributed by atoms with Crippen molar-refractivity contribution in [3.05, 3.63) is 93.8 Å². The van der Waals surface area contributed by atoms with Crippen LogP contribution in [-0.4, -0.2) is 20.7 Å². The minimum Gasteiger partial charge on any atom is -0.294 e. The number of rotatable bonds is 5. The van der Waals surface area contributed by atoms with E-state index < -0.39 is 45.3 Å². The summed E-state index contributed by atoms with van der Waals surface area (Å²) in [5, 5.41) is 0.380. The molecule has 0 atom stereocenters. The maximum Gasteiger partial charge on any atom is 0.417 e. The maximum absolute atomic E-state index is 14.2. The van der Waals surface area contributed by atoms with E-state index in [1.165, 1.54) is 34.6 Å². The van der Waals surface area contributed by atoms with Crippen molar-refractivity contribution in [3.8, 4) is 0 Å². The molecule has 4 nitrogen and oxygen atoms in total. The second-order valence-corrected chi connectivity index (χ2v) is 10.2. The predicted molar refractivity (Wildman–Crippen MR) is 120 cm³/mol. The number of carbonyl (C=O) groups excluding carboxylic acids is 1. The van der Waals surface area contributed by atoms with Crippen molar-refractivity contribution in [1.29, 1.82) is 0 Å². The van der Waals surface area contributed by atoms with Gasteiger partial charge in [0.05, 0.1) is 21.7 Å². The number of aryl methyl sites for hydroxylation is 1. The number of hydrogen-bond donors (Lipinski definition) is 0. The Morgan fingerprint density at radius 3 is 2.41 bits per heavy atom. The molecule has 0 saturated heterocycles.